The first-order chi connectivity index (χ1) is 16.0. The van der Waals surface area contributed by atoms with Crippen molar-refractivity contribution < 1.29 is 4.79 Å². The number of aryl methyl sites for hydroxylation is 2. The van der Waals surface area contributed by atoms with Crippen molar-refractivity contribution in [2.45, 2.75) is 58.4 Å². The number of carbonyl (C=O) groups is 1. The van der Waals surface area contributed by atoms with Gasteiger partial charge in [-0.05, 0) is 62.1 Å². The number of nitrogens with zero attached hydrogens (tertiary/aromatic N) is 3. The Morgan fingerprint density at radius 3 is 2.64 bits per heavy atom. The summed E-state index contributed by atoms with van der Waals surface area (Å²) < 4.78 is 1.33. The van der Waals surface area contributed by atoms with Crippen molar-refractivity contribution in [3.63, 3.8) is 0 Å². The largest absolute Gasteiger partial charge is 0.349 e. The molecule has 0 atom stereocenters. The van der Waals surface area contributed by atoms with Crippen LogP contribution in [0.1, 0.15) is 60.0 Å². The third-order valence-corrected chi connectivity index (χ3v) is 7.11. The van der Waals surface area contributed by atoms with Gasteiger partial charge in [0, 0.05) is 17.3 Å². The Bertz CT molecular complexity index is 1400. The molecule has 4 aromatic rings. The summed E-state index contributed by atoms with van der Waals surface area (Å²) in [5.74, 6) is -0.104. The molecule has 2 aromatic carbocycles. The molecule has 170 valence electrons. The normalized spacial score (nSPS) is 15.0. The highest BCUT2D eigenvalue weighted by molar-refractivity contribution is 7.20. The predicted molar refractivity (Wildman–Crippen MR) is 133 cm³/mol. The van der Waals surface area contributed by atoms with Crippen molar-refractivity contribution in [3.05, 3.63) is 63.4 Å². The number of aromatic nitrogens is 3. The van der Waals surface area contributed by atoms with Gasteiger partial charge < -0.3 is 10.6 Å². The fraction of sp³-hybridized carbons (Fsp3) is 0.360. The van der Waals surface area contributed by atoms with Crippen molar-refractivity contribution >= 4 is 43.9 Å². The molecule has 0 radical (unpaired) electrons. The van der Waals surface area contributed by atoms with Gasteiger partial charge in [-0.15, -0.1) is 5.10 Å². The second-order valence-electron chi connectivity index (χ2n) is 8.86. The lowest BCUT2D eigenvalue weighted by molar-refractivity contribution is 0.0933. The molecule has 2 N–H and O–H groups in total. The van der Waals surface area contributed by atoms with Crippen LogP contribution in [0.15, 0.2) is 41.2 Å². The Morgan fingerprint density at radius 1 is 1.06 bits per heavy atom. The zero-order valence-corrected chi connectivity index (χ0v) is 19.7. The van der Waals surface area contributed by atoms with Gasteiger partial charge >= 0.3 is 0 Å². The summed E-state index contributed by atoms with van der Waals surface area (Å²) in [6.07, 6.45) is 6.83. The average Bonchev–Trinajstić information content (AvgIpc) is 3.02. The summed E-state index contributed by atoms with van der Waals surface area (Å²) in [5, 5.41) is 12.0. The molecule has 1 amide bonds. The number of amides is 1. The van der Waals surface area contributed by atoms with Crippen LogP contribution in [0.5, 0.6) is 0 Å². The van der Waals surface area contributed by atoms with E-state index in [0.29, 0.717) is 26.6 Å². The smallest absolute Gasteiger partial charge is 0.283 e. The monoisotopic (exact) mass is 461 g/mol. The number of hydrogen-bond acceptors (Lipinski definition) is 6. The van der Waals surface area contributed by atoms with Crippen LogP contribution in [-0.2, 0) is 0 Å². The van der Waals surface area contributed by atoms with E-state index in [0.717, 1.165) is 42.5 Å². The summed E-state index contributed by atoms with van der Waals surface area (Å²) in [7, 11) is 0. The Kier molecular flexibility index (Phi) is 5.85. The fourth-order valence-corrected chi connectivity index (χ4v) is 5.19. The standard InChI is InChI=1S/C25H27N5O2S/c1-15-9-10-16(2)20(13-15)27-24-29-30-23(32)19-12-11-17(14-21(19)28-25(30)33-24)22(31)26-18-7-5-3-4-6-8-18/h9-14,18H,3-8H2,1-2H3,(H,26,31)(H,27,29). The number of carbonyl (C=O) groups excluding carboxylic acids is 1. The van der Waals surface area contributed by atoms with E-state index < -0.39 is 0 Å². The highest BCUT2D eigenvalue weighted by Crippen LogP contribution is 2.26. The molecule has 1 fully saturated rings. The molecule has 1 aliphatic carbocycles. The van der Waals surface area contributed by atoms with Crippen LogP contribution in [0.25, 0.3) is 15.9 Å². The molecule has 0 bridgehead atoms. The Labute approximate surface area is 195 Å². The minimum absolute atomic E-state index is 0.104. The van der Waals surface area contributed by atoms with Gasteiger partial charge in [-0.25, -0.2) is 4.98 Å². The van der Waals surface area contributed by atoms with Crippen LogP contribution < -0.4 is 16.2 Å². The zero-order chi connectivity index (χ0) is 22.9. The number of rotatable bonds is 4. The van der Waals surface area contributed by atoms with Gasteiger partial charge in [-0.3, -0.25) is 9.59 Å². The van der Waals surface area contributed by atoms with Gasteiger partial charge in [-0.1, -0.05) is 49.2 Å². The second kappa shape index (κ2) is 8.94. The first-order valence-electron chi connectivity index (χ1n) is 11.5. The molecule has 2 heterocycles. The highest BCUT2D eigenvalue weighted by atomic mass is 32.1. The summed E-state index contributed by atoms with van der Waals surface area (Å²) in [4.78, 5) is 31.0. The number of anilines is 2. The van der Waals surface area contributed by atoms with Crippen LogP contribution in [0.4, 0.5) is 10.8 Å². The molecule has 2 aromatic heterocycles. The molecule has 5 rings (SSSR count). The van der Waals surface area contributed by atoms with Crippen molar-refractivity contribution in [3.8, 4) is 0 Å². The molecular formula is C25H27N5O2S. The minimum Gasteiger partial charge on any atom is -0.349 e. The maximum absolute atomic E-state index is 13.0. The third kappa shape index (κ3) is 4.48. The van der Waals surface area contributed by atoms with Crippen LogP contribution in [0.2, 0.25) is 0 Å². The lowest BCUT2D eigenvalue weighted by Crippen LogP contribution is -2.34. The maximum atomic E-state index is 13.0. The molecule has 8 heteroatoms. The van der Waals surface area contributed by atoms with Gasteiger partial charge in [0.05, 0.1) is 10.9 Å². The predicted octanol–water partition coefficient (Wildman–Crippen LogP) is 5.12. The average molecular weight is 462 g/mol. The van der Waals surface area contributed by atoms with Gasteiger partial charge in [0.25, 0.3) is 11.5 Å². The van der Waals surface area contributed by atoms with E-state index in [4.69, 9.17) is 0 Å². The van der Waals surface area contributed by atoms with Crippen LogP contribution in [0.3, 0.4) is 0 Å². The zero-order valence-electron chi connectivity index (χ0n) is 18.9. The van der Waals surface area contributed by atoms with Crippen LogP contribution in [-0.4, -0.2) is 26.5 Å². The maximum Gasteiger partial charge on any atom is 0.283 e. The number of fused-ring (bicyclic) bond motifs is 2. The van der Waals surface area contributed by atoms with E-state index >= 15 is 0 Å². The minimum atomic E-state index is -0.240. The first kappa shape index (κ1) is 21.6. The van der Waals surface area contributed by atoms with E-state index in [2.05, 4.69) is 26.8 Å². The Hall–Kier alpha value is -3.26. The number of benzene rings is 2. The van der Waals surface area contributed by atoms with Crippen molar-refractivity contribution in [1.82, 2.24) is 19.9 Å². The van der Waals surface area contributed by atoms with E-state index in [1.165, 1.54) is 28.7 Å². The summed E-state index contributed by atoms with van der Waals surface area (Å²) in [6, 6.07) is 11.5. The summed E-state index contributed by atoms with van der Waals surface area (Å²) in [6.45, 7) is 4.06. The quantitative estimate of drug-likeness (QED) is 0.412. The van der Waals surface area contributed by atoms with Crippen molar-refractivity contribution in [2.75, 3.05) is 5.32 Å². The number of nitrogens with one attached hydrogen (secondary N) is 2. The van der Waals surface area contributed by atoms with Gasteiger partial charge in [0.15, 0.2) is 0 Å². The van der Waals surface area contributed by atoms with Gasteiger partial charge in [0.1, 0.15) is 0 Å². The molecule has 0 saturated heterocycles. The van der Waals surface area contributed by atoms with Gasteiger partial charge in [-0.2, -0.15) is 4.52 Å². The Morgan fingerprint density at radius 2 is 1.85 bits per heavy atom. The summed E-state index contributed by atoms with van der Waals surface area (Å²) in [5.41, 5.74) is 3.98. The number of hydrogen-bond donors (Lipinski definition) is 2. The van der Waals surface area contributed by atoms with E-state index in [-0.39, 0.29) is 17.5 Å². The molecule has 0 aliphatic heterocycles. The molecule has 1 saturated carbocycles. The molecule has 1 aliphatic rings. The molecule has 33 heavy (non-hydrogen) atoms. The van der Waals surface area contributed by atoms with E-state index in [1.807, 2.05) is 26.0 Å². The molecule has 7 nitrogen and oxygen atoms in total. The second-order valence-corrected chi connectivity index (χ2v) is 9.81. The third-order valence-electron chi connectivity index (χ3n) is 6.28. The molecule has 0 spiro atoms. The Balaban J connectivity index is 1.45. The van der Waals surface area contributed by atoms with E-state index in [9.17, 15) is 9.59 Å². The topological polar surface area (TPSA) is 88.4 Å². The van der Waals surface area contributed by atoms with Gasteiger partial charge in [0.2, 0.25) is 10.1 Å². The summed E-state index contributed by atoms with van der Waals surface area (Å²) >= 11 is 1.31. The molecular weight excluding hydrogens is 434 g/mol. The van der Waals surface area contributed by atoms with Crippen molar-refractivity contribution in [1.29, 1.82) is 0 Å². The lowest BCUT2D eigenvalue weighted by atomic mass is 10.1. The molecule has 0 unspecified atom stereocenters. The highest BCUT2D eigenvalue weighted by Gasteiger charge is 2.18. The lowest BCUT2D eigenvalue weighted by Gasteiger charge is -2.16. The van der Waals surface area contributed by atoms with Crippen LogP contribution >= 0.6 is 11.3 Å². The van der Waals surface area contributed by atoms with Crippen LogP contribution in [0, 0.1) is 13.8 Å². The fourth-order valence-electron chi connectivity index (χ4n) is 4.38. The first-order valence-corrected chi connectivity index (χ1v) is 12.3. The van der Waals surface area contributed by atoms with Crippen molar-refractivity contribution in [2.24, 2.45) is 0 Å². The SMILES string of the molecule is Cc1ccc(C)c(Nc2nn3c(=O)c4ccc(C(=O)NC5CCCCCC5)cc4nc3s2)c1. The van der Waals surface area contributed by atoms with E-state index in [1.54, 1.807) is 18.2 Å².